The van der Waals surface area contributed by atoms with Gasteiger partial charge >= 0.3 is 0 Å². The van der Waals surface area contributed by atoms with Crippen LogP contribution < -0.4 is 5.32 Å². The highest BCUT2D eigenvalue weighted by atomic mass is 32.2. The Labute approximate surface area is 121 Å². The monoisotopic (exact) mass is 282 g/mol. The Bertz CT molecular complexity index is 413. The van der Waals surface area contributed by atoms with E-state index in [-0.39, 0.29) is 16.9 Å². The summed E-state index contributed by atoms with van der Waals surface area (Å²) < 4.78 is 0. The molecule has 19 heavy (non-hydrogen) atoms. The molecule has 2 atom stereocenters. The van der Waals surface area contributed by atoms with Gasteiger partial charge in [0.25, 0.3) is 0 Å². The van der Waals surface area contributed by atoms with E-state index in [1.165, 1.54) is 11.1 Å². The van der Waals surface area contributed by atoms with Gasteiger partial charge in [-0.2, -0.15) is 0 Å². The molecule has 4 heteroatoms. The molecule has 0 aliphatic heterocycles. The van der Waals surface area contributed by atoms with Crippen molar-refractivity contribution in [1.82, 2.24) is 10.3 Å². The van der Waals surface area contributed by atoms with E-state index >= 15 is 0 Å². The first-order chi connectivity index (χ1) is 8.69. The van der Waals surface area contributed by atoms with Crippen LogP contribution in [0.3, 0.4) is 0 Å². The molecular formula is C15H26N2OS. The standard InChI is InChI=1S/C15H26N2OS/c1-10-7-13(9-17-15(4,5)6)8-16-14(10)19-12(3)11(2)18/h7-8,11-12,17-18H,9H2,1-6H3. The van der Waals surface area contributed by atoms with Crippen molar-refractivity contribution in [3.05, 3.63) is 23.4 Å². The Hall–Kier alpha value is -0.580. The van der Waals surface area contributed by atoms with E-state index in [0.29, 0.717) is 0 Å². The zero-order valence-electron chi connectivity index (χ0n) is 12.8. The molecule has 1 aromatic rings. The van der Waals surface area contributed by atoms with E-state index in [1.807, 2.05) is 20.0 Å². The molecule has 1 rings (SSSR count). The Morgan fingerprint density at radius 3 is 2.47 bits per heavy atom. The van der Waals surface area contributed by atoms with Gasteiger partial charge < -0.3 is 10.4 Å². The fourth-order valence-corrected chi connectivity index (χ4v) is 2.39. The Morgan fingerprint density at radius 1 is 1.37 bits per heavy atom. The zero-order chi connectivity index (χ0) is 14.6. The number of nitrogens with zero attached hydrogens (tertiary/aromatic N) is 1. The first-order valence-electron chi connectivity index (χ1n) is 6.74. The minimum Gasteiger partial charge on any atom is -0.392 e. The summed E-state index contributed by atoms with van der Waals surface area (Å²) in [5.74, 6) is 0. The fourth-order valence-electron chi connectivity index (χ4n) is 1.48. The quantitative estimate of drug-likeness (QED) is 0.814. The van der Waals surface area contributed by atoms with Gasteiger partial charge in [0.15, 0.2) is 0 Å². The highest BCUT2D eigenvalue weighted by Crippen LogP contribution is 2.26. The van der Waals surface area contributed by atoms with Crippen molar-refractivity contribution in [2.45, 2.75) is 70.0 Å². The lowest BCUT2D eigenvalue weighted by Gasteiger charge is -2.21. The summed E-state index contributed by atoms with van der Waals surface area (Å²) in [6.45, 7) is 13.2. The van der Waals surface area contributed by atoms with Crippen molar-refractivity contribution in [3.8, 4) is 0 Å². The van der Waals surface area contributed by atoms with E-state index in [0.717, 1.165) is 11.6 Å². The van der Waals surface area contributed by atoms with Crippen molar-refractivity contribution >= 4 is 11.8 Å². The maximum Gasteiger partial charge on any atom is 0.0992 e. The van der Waals surface area contributed by atoms with Gasteiger partial charge in [-0.05, 0) is 45.7 Å². The van der Waals surface area contributed by atoms with Gasteiger partial charge in [0.05, 0.1) is 11.1 Å². The van der Waals surface area contributed by atoms with Crippen LogP contribution in [0.5, 0.6) is 0 Å². The molecule has 2 unspecified atom stereocenters. The molecule has 0 aliphatic carbocycles. The number of aromatic nitrogens is 1. The summed E-state index contributed by atoms with van der Waals surface area (Å²) in [7, 11) is 0. The normalized spacial score (nSPS) is 15.3. The van der Waals surface area contributed by atoms with Crippen LogP contribution in [0.4, 0.5) is 0 Å². The third kappa shape index (κ3) is 5.93. The third-order valence-electron chi connectivity index (χ3n) is 2.89. The molecule has 0 aliphatic rings. The lowest BCUT2D eigenvalue weighted by Crippen LogP contribution is -2.35. The molecule has 0 radical (unpaired) electrons. The van der Waals surface area contributed by atoms with E-state index in [9.17, 15) is 5.11 Å². The molecule has 0 saturated carbocycles. The number of aliphatic hydroxyl groups is 1. The van der Waals surface area contributed by atoms with Crippen LogP contribution in [0.1, 0.15) is 45.7 Å². The maximum atomic E-state index is 9.54. The average Bonchev–Trinajstić information content (AvgIpc) is 2.28. The summed E-state index contributed by atoms with van der Waals surface area (Å²) in [4.78, 5) is 4.51. The second-order valence-corrected chi connectivity index (χ2v) is 7.50. The Morgan fingerprint density at radius 2 is 2.00 bits per heavy atom. The number of pyridine rings is 1. The van der Waals surface area contributed by atoms with Crippen LogP contribution in [-0.2, 0) is 6.54 Å². The van der Waals surface area contributed by atoms with Crippen LogP contribution in [0.25, 0.3) is 0 Å². The Kier molecular flexibility index (Phi) is 5.83. The van der Waals surface area contributed by atoms with E-state index in [4.69, 9.17) is 0 Å². The summed E-state index contributed by atoms with van der Waals surface area (Å²) in [6.07, 6.45) is 1.59. The van der Waals surface area contributed by atoms with E-state index < -0.39 is 0 Å². The summed E-state index contributed by atoms with van der Waals surface area (Å²) in [5, 5.41) is 14.2. The van der Waals surface area contributed by atoms with E-state index in [1.54, 1.807) is 11.8 Å². The average molecular weight is 282 g/mol. The molecule has 0 amide bonds. The second-order valence-electron chi connectivity index (χ2n) is 6.13. The topological polar surface area (TPSA) is 45.2 Å². The van der Waals surface area contributed by atoms with Gasteiger partial charge in [0, 0.05) is 23.5 Å². The van der Waals surface area contributed by atoms with Gasteiger partial charge in [0.1, 0.15) is 0 Å². The lowest BCUT2D eigenvalue weighted by molar-refractivity contribution is 0.196. The molecule has 2 N–H and O–H groups in total. The predicted molar refractivity (Wildman–Crippen MR) is 82.6 cm³/mol. The Balaban J connectivity index is 2.69. The molecule has 0 bridgehead atoms. The number of hydrogen-bond donors (Lipinski definition) is 2. The zero-order valence-corrected chi connectivity index (χ0v) is 13.6. The van der Waals surface area contributed by atoms with Crippen molar-refractivity contribution in [3.63, 3.8) is 0 Å². The van der Waals surface area contributed by atoms with Gasteiger partial charge in [-0.1, -0.05) is 13.0 Å². The molecule has 0 aromatic carbocycles. The molecule has 1 heterocycles. The minimum absolute atomic E-state index is 0.113. The highest BCUT2D eigenvalue weighted by molar-refractivity contribution is 7.99. The summed E-state index contributed by atoms with van der Waals surface area (Å²) >= 11 is 1.63. The predicted octanol–water partition coefficient (Wildman–Crippen LogP) is 3.14. The van der Waals surface area contributed by atoms with E-state index in [2.05, 4.69) is 44.1 Å². The molecule has 0 fully saturated rings. The first kappa shape index (κ1) is 16.5. The maximum absolute atomic E-state index is 9.54. The van der Waals surface area contributed by atoms with Gasteiger partial charge in [0.2, 0.25) is 0 Å². The molecular weight excluding hydrogens is 256 g/mol. The second kappa shape index (κ2) is 6.73. The molecule has 1 aromatic heterocycles. The minimum atomic E-state index is -0.326. The molecule has 0 spiro atoms. The van der Waals surface area contributed by atoms with Gasteiger partial charge in [-0.25, -0.2) is 4.98 Å². The number of aryl methyl sites for hydroxylation is 1. The summed E-state index contributed by atoms with van der Waals surface area (Å²) in [6, 6.07) is 2.17. The van der Waals surface area contributed by atoms with Crippen LogP contribution >= 0.6 is 11.8 Å². The van der Waals surface area contributed by atoms with Crippen LogP contribution in [0.15, 0.2) is 17.3 Å². The molecule has 3 nitrogen and oxygen atoms in total. The van der Waals surface area contributed by atoms with Crippen molar-refractivity contribution in [2.24, 2.45) is 0 Å². The third-order valence-corrected chi connectivity index (χ3v) is 4.30. The van der Waals surface area contributed by atoms with Crippen LogP contribution in [0, 0.1) is 6.92 Å². The smallest absolute Gasteiger partial charge is 0.0992 e. The van der Waals surface area contributed by atoms with Crippen molar-refractivity contribution in [1.29, 1.82) is 0 Å². The number of nitrogens with one attached hydrogen (secondary N) is 1. The van der Waals surface area contributed by atoms with Gasteiger partial charge in [-0.3, -0.25) is 0 Å². The van der Waals surface area contributed by atoms with Crippen LogP contribution in [-0.4, -0.2) is 27.0 Å². The largest absolute Gasteiger partial charge is 0.392 e. The van der Waals surface area contributed by atoms with Crippen molar-refractivity contribution in [2.75, 3.05) is 0 Å². The number of aliphatic hydroxyl groups excluding tert-OH is 1. The number of hydrogen-bond acceptors (Lipinski definition) is 4. The SMILES string of the molecule is Cc1cc(CNC(C)(C)C)cnc1SC(C)C(C)O. The van der Waals surface area contributed by atoms with Gasteiger partial charge in [-0.15, -0.1) is 11.8 Å². The first-order valence-corrected chi connectivity index (χ1v) is 7.62. The highest BCUT2D eigenvalue weighted by Gasteiger charge is 2.14. The van der Waals surface area contributed by atoms with Crippen molar-refractivity contribution < 1.29 is 5.11 Å². The fraction of sp³-hybridized carbons (Fsp3) is 0.667. The lowest BCUT2D eigenvalue weighted by atomic mass is 10.1. The molecule has 108 valence electrons. The molecule has 0 saturated heterocycles. The number of thioether (sulfide) groups is 1. The van der Waals surface area contributed by atoms with Crippen LogP contribution in [0.2, 0.25) is 0 Å². The number of rotatable bonds is 5. The summed E-state index contributed by atoms with van der Waals surface area (Å²) in [5.41, 5.74) is 2.48.